The highest BCUT2D eigenvalue weighted by Gasteiger charge is 2.41. The molecule has 0 aliphatic carbocycles. The first-order valence-electron chi connectivity index (χ1n) is 7.32. The van der Waals surface area contributed by atoms with Crippen LogP contribution in [-0.2, 0) is 9.53 Å². The van der Waals surface area contributed by atoms with Gasteiger partial charge in [-0.1, -0.05) is 12.1 Å². The van der Waals surface area contributed by atoms with Gasteiger partial charge >= 0.3 is 0 Å². The summed E-state index contributed by atoms with van der Waals surface area (Å²) in [6, 6.07) is 7.92. The Labute approximate surface area is 120 Å². The molecule has 2 aliphatic rings. The largest absolute Gasteiger partial charge is 0.381 e. The summed E-state index contributed by atoms with van der Waals surface area (Å²) < 4.78 is 5.52. The van der Waals surface area contributed by atoms with Crippen molar-refractivity contribution in [2.75, 3.05) is 38.2 Å². The fourth-order valence-electron chi connectivity index (χ4n) is 3.26. The van der Waals surface area contributed by atoms with Crippen molar-refractivity contribution >= 4 is 11.6 Å². The summed E-state index contributed by atoms with van der Waals surface area (Å²) in [5.74, 6) is 0.0755. The predicted octanol–water partition coefficient (Wildman–Crippen LogP) is 2.05. The van der Waals surface area contributed by atoms with Crippen molar-refractivity contribution < 1.29 is 9.53 Å². The average Bonchev–Trinajstić information content (AvgIpc) is 3.00. The molecule has 1 aromatic carbocycles. The van der Waals surface area contributed by atoms with Gasteiger partial charge in [0.15, 0.2) is 0 Å². The highest BCUT2D eigenvalue weighted by Crippen LogP contribution is 2.37. The highest BCUT2D eigenvalue weighted by molar-refractivity contribution is 5.92. The van der Waals surface area contributed by atoms with Crippen LogP contribution in [0.1, 0.15) is 18.4 Å². The number of amides is 1. The van der Waals surface area contributed by atoms with Gasteiger partial charge in [-0.2, -0.15) is 0 Å². The summed E-state index contributed by atoms with van der Waals surface area (Å²) in [6.45, 7) is 6.25. The van der Waals surface area contributed by atoms with Crippen molar-refractivity contribution in [1.29, 1.82) is 0 Å². The van der Waals surface area contributed by atoms with Crippen LogP contribution in [0.4, 0.5) is 5.69 Å². The van der Waals surface area contributed by atoms with E-state index in [4.69, 9.17) is 4.74 Å². The summed E-state index contributed by atoms with van der Waals surface area (Å²) in [7, 11) is 0. The Kier molecular flexibility index (Phi) is 3.76. The highest BCUT2D eigenvalue weighted by atomic mass is 16.5. The fraction of sp³-hybridized carbons (Fsp3) is 0.562. The van der Waals surface area contributed by atoms with Crippen LogP contribution in [-0.4, -0.2) is 43.7 Å². The third kappa shape index (κ3) is 3.02. The number of ether oxygens (including phenoxy) is 1. The van der Waals surface area contributed by atoms with Gasteiger partial charge in [0, 0.05) is 24.3 Å². The zero-order valence-corrected chi connectivity index (χ0v) is 12.0. The Morgan fingerprint density at radius 1 is 1.45 bits per heavy atom. The summed E-state index contributed by atoms with van der Waals surface area (Å²) in [5, 5.41) is 2.98. The number of anilines is 1. The second-order valence-corrected chi connectivity index (χ2v) is 6.18. The number of likely N-dealkylation sites (tertiary alicyclic amines) is 1. The lowest BCUT2D eigenvalue weighted by Crippen LogP contribution is -2.34. The van der Waals surface area contributed by atoms with Gasteiger partial charge in [-0.25, -0.2) is 0 Å². The number of benzene rings is 1. The zero-order chi connectivity index (χ0) is 14.0. The van der Waals surface area contributed by atoms with E-state index < -0.39 is 0 Å². The topological polar surface area (TPSA) is 41.6 Å². The lowest BCUT2D eigenvalue weighted by Gasteiger charge is -2.21. The Bertz CT molecular complexity index is 495. The van der Waals surface area contributed by atoms with Crippen LogP contribution in [0.5, 0.6) is 0 Å². The zero-order valence-electron chi connectivity index (χ0n) is 12.0. The fourth-order valence-corrected chi connectivity index (χ4v) is 3.26. The van der Waals surface area contributed by atoms with Crippen LogP contribution in [0.25, 0.3) is 0 Å². The molecule has 20 heavy (non-hydrogen) atoms. The van der Waals surface area contributed by atoms with E-state index in [9.17, 15) is 4.79 Å². The van der Waals surface area contributed by atoms with Crippen molar-refractivity contribution in [1.82, 2.24) is 4.90 Å². The molecule has 0 aromatic heterocycles. The number of nitrogens with one attached hydrogen (secondary N) is 1. The van der Waals surface area contributed by atoms with E-state index in [2.05, 4.69) is 10.2 Å². The van der Waals surface area contributed by atoms with Gasteiger partial charge in [-0.15, -0.1) is 0 Å². The second kappa shape index (κ2) is 5.54. The molecule has 2 saturated heterocycles. The van der Waals surface area contributed by atoms with E-state index in [0.717, 1.165) is 50.4 Å². The lowest BCUT2D eigenvalue weighted by atomic mass is 9.87. The maximum atomic E-state index is 12.1. The number of rotatable bonds is 3. The molecule has 4 heteroatoms. The van der Waals surface area contributed by atoms with Gasteiger partial charge in [0.2, 0.25) is 5.91 Å². The molecule has 2 fully saturated rings. The second-order valence-electron chi connectivity index (χ2n) is 6.18. The van der Waals surface area contributed by atoms with Gasteiger partial charge < -0.3 is 10.1 Å². The van der Waals surface area contributed by atoms with Gasteiger partial charge in [0.05, 0.1) is 13.2 Å². The minimum absolute atomic E-state index is 0.0755. The van der Waals surface area contributed by atoms with Crippen LogP contribution in [0.15, 0.2) is 24.3 Å². The number of hydrogen-bond donors (Lipinski definition) is 1. The summed E-state index contributed by atoms with van der Waals surface area (Å²) in [4.78, 5) is 14.3. The maximum absolute atomic E-state index is 12.1. The van der Waals surface area contributed by atoms with Gasteiger partial charge in [0.1, 0.15) is 0 Å². The SMILES string of the molecule is Cc1cccc(NC(=O)CN2CCC3(CCOC3)C2)c1. The normalized spacial score (nSPS) is 26.2. The molecule has 1 atom stereocenters. The van der Waals surface area contributed by atoms with E-state index in [0.29, 0.717) is 12.0 Å². The molecule has 0 radical (unpaired) electrons. The van der Waals surface area contributed by atoms with Crippen molar-refractivity contribution in [2.45, 2.75) is 19.8 Å². The van der Waals surface area contributed by atoms with Crippen LogP contribution >= 0.6 is 0 Å². The molecular formula is C16H22N2O2. The van der Waals surface area contributed by atoms with E-state index in [1.165, 1.54) is 0 Å². The molecule has 2 heterocycles. The van der Waals surface area contributed by atoms with Crippen molar-refractivity contribution in [3.8, 4) is 0 Å². The first kappa shape index (κ1) is 13.6. The molecule has 3 rings (SSSR count). The van der Waals surface area contributed by atoms with Crippen LogP contribution in [0.2, 0.25) is 0 Å². The van der Waals surface area contributed by atoms with Gasteiger partial charge in [-0.05, 0) is 44.0 Å². The Morgan fingerprint density at radius 3 is 3.10 bits per heavy atom. The predicted molar refractivity (Wildman–Crippen MR) is 78.7 cm³/mol. The molecule has 1 amide bonds. The molecule has 1 spiro atoms. The third-order valence-corrected chi connectivity index (χ3v) is 4.37. The molecule has 1 aromatic rings. The molecule has 0 saturated carbocycles. The van der Waals surface area contributed by atoms with E-state index in [1.807, 2.05) is 31.2 Å². The van der Waals surface area contributed by atoms with Gasteiger partial charge in [0.25, 0.3) is 0 Å². The minimum Gasteiger partial charge on any atom is -0.381 e. The summed E-state index contributed by atoms with van der Waals surface area (Å²) in [6.07, 6.45) is 2.30. The first-order valence-corrected chi connectivity index (χ1v) is 7.32. The monoisotopic (exact) mass is 274 g/mol. The van der Waals surface area contributed by atoms with Crippen molar-refractivity contribution in [2.24, 2.45) is 5.41 Å². The molecular weight excluding hydrogens is 252 g/mol. The minimum atomic E-state index is 0.0755. The lowest BCUT2D eigenvalue weighted by molar-refractivity contribution is -0.117. The summed E-state index contributed by atoms with van der Waals surface area (Å²) in [5.41, 5.74) is 2.36. The number of hydrogen-bond acceptors (Lipinski definition) is 3. The van der Waals surface area contributed by atoms with Crippen molar-refractivity contribution in [3.63, 3.8) is 0 Å². The number of nitrogens with zero attached hydrogens (tertiary/aromatic N) is 1. The van der Waals surface area contributed by atoms with Crippen LogP contribution in [0, 0.1) is 12.3 Å². The summed E-state index contributed by atoms with van der Waals surface area (Å²) >= 11 is 0. The Hall–Kier alpha value is -1.39. The van der Waals surface area contributed by atoms with E-state index >= 15 is 0 Å². The molecule has 4 nitrogen and oxygen atoms in total. The first-order chi connectivity index (χ1) is 9.65. The molecule has 1 N–H and O–H groups in total. The molecule has 1 unspecified atom stereocenters. The van der Waals surface area contributed by atoms with Crippen LogP contribution in [0.3, 0.4) is 0 Å². The van der Waals surface area contributed by atoms with Crippen LogP contribution < -0.4 is 5.32 Å². The molecule has 108 valence electrons. The maximum Gasteiger partial charge on any atom is 0.238 e. The van der Waals surface area contributed by atoms with Gasteiger partial charge in [-0.3, -0.25) is 9.69 Å². The Morgan fingerprint density at radius 2 is 2.35 bits per heavy atom. The van der Waals surface area contributed by atoms with E-state index in [1.54, 1.807) is 0 Å². The quantitative estimate of drug-likeness (QED) is 0.917. The van der Waals surface area contributed by atoms with E-state index in [-0.39, 0.29) is 5.91 Å². The molecule has 2 aliphatic heterocycles. The number of carbonyl (C=O) groups is 1. The standard InChI is InChI=1S/C16H22N2O2/c1-13-3-2-4-14(9-13)17-15(19)10-18-7-5-16(11-18)6-8-20-12-16/h2-4,9H,5-8,10-12H2,1H3,(H,17,19). The third-order valence-electron chi connectivity index (χ3n) is 4.37. The number of carbonyl (C=O) groups excluding carboxylic acids is 1. The Balaban J connectivity index is 1.52. The smallest absolute Gasteiger partial charge is 0.238 e. The average molecular weight is 274 g/mol. The molecule has 0 bridgehead atoms. The van der Waals surface area contributed by atoms with Crippen molar-refractivity contribution in [3.05, 3.63) is 29.8 Å². The number of aryl methyl sites for hydroxylation is 1.